The number of hydrogen-bond acceptors (Lipinski definition) is 11. The molecule has 15 heteroatoms. The second-order valence-corrected chi connectivity index (χ2v) is 16.7. The molecule has 1 unspecified atom stereocenters. The number of carbonyl (C=O) groups is 4. The lowest BCUT2D eigenvalue weighted by molar-refractivity contribution is -0.139. The Morgan fingerprint density at radius 1 is 0.838 bits per heavy atom. The van der Waals surface area contributed by atoms with E-state index in [1.165, 1.54) is 25.3 Å². The fourth-order valence-corrected chi connectivity index (χ4v) is 8.61. The number of allylic oxidation sites excluding steroid dienone is 1. The van der Waals surface area contributed by atoms with Gasteiger partial charge in [0.25, 0.3) is 5.91 Å². The van der Waals surface area contributed by atoms with E-state index >= 15 is 0 Å². The normalized spacial score (nSPS) is 14.6. The van der Waals surface area contributed by atoms with Crippen LogP contribution in [0.25, 0.3) is 22.4 Å². The number of nitrogens with zero attached hydrogens (tertiary/aromatic N) is 1. The fraction of sp³-hybridized carbons (Fsp3) is 0.321. The summed E-state index contributed by atoms with van der Waals surface area (Å²) in [4.78, 5) is 53.8. The lowest BCUT2D eigenvalue weighted by atomic mass is 9.80. The van der Waals surface area contributed by atoms with Crippen molar-refractivity contribution in [2.45, 2.75) is 77.5 Å². The van der Waals surface area contributed by atoms with Crippen LogP contribution in [0.15, 0.2) is 132 Å². The summed E-state index contributed by atoms with van der Waals surface area (Å²) in [6, 6.07) is 31.0. The van der Waals surface area contributed by atoms with Gasteiger partial charge in [-0.15, -0.1) is 0 Å². The van der Waals surface area contributed by atoms with Crippen LogP contribution in [0, 0.1) is 5.82 Å². The van der Waals surface area contributed by atoms with Crippen molar-refractivity contribution in [2.75, 3.05) is 38.8 Å². The largest absolute Gasteiger partial charge is 0.508 e. The standard InChI is InChI=1S/C53H59FN4O10/c1-6-68-53(65)47-41(56-33(4)44(52(64)66-5)46(47)40-19-13-14-20-42(40)61)31-67-28-26-55-43(62)30-39(60)29-38(59)25-27-58-49(32(2)3)48(51(63)57-37-17-11-8-12-18-37)45(34-15-9-7-10-16-34)50(58)35-21-23-36(54)24-22-35/h7-24,32,38-39,46,56,59-61H,6,25-31H2,1-5H3,(H,55,62)(H,57,63)/t38-,39-,46?/m0/s1. The average molecular weight is 931 g/mol. The molecule has 2 heterocycles. The Morgan fingerprint density at radius 3 is 2.15 bits per heavy atom. The Morgan fingerprint density at radius 2 is 1.50 bits per heavy atom. The topological polar surface area (TPSA) is 198 Å². The summed E-state index contributed by atoms with van der Waals surface area (Å²) >= 11 is 0. The zero-order valence-corrected chi connectivity index (χ0v) is 38.9. The molecule has 1 aliphatic rings. The van der Waals surface area contributed by atoms with Crippen LogP contribution in [0.3, 0.4) is 0 Å². The highest BCUT2D eigenvalue weighted by Crippen LogP contribution is 2.44. The van der Waals surface area contributed by atoms with Crippen LogP contribution in [-0.2, 0) is 35.1 Å². The number of aliphatic hydroxyl groups excluding tert-OH is 2. The van der Waals surface area contributed by atoms with Crippen LogP contribution in [0.1, 0.15) is 80.4 Å². The van der Waals surface area contributed by atoms with Crippen molar-refractivity contribution in [1.82, 2.24) is 15.2 Å². The first-order chi connectivity index (χ1) is 32.7. The molecule has 68 heavy (non-hydrogen) atoms. The van der Waals surface area contributed by atoms with Crippen LogP contribution in [0.2, 0.25) is 0 Å². The highest BCUT2D eigenvalue weighted by molar-refractivity contribution is 6.12. The number of aromatic hydroxyl groups is 1. The monoisotopic (exact) mass is 930 g/mol. The molecule has 3 atom stereocenters. The Labute approximate surface area is 395 Å². The third kappa shape index (κ3) is 12.1. The molecule has 0 fully saturated rings. The number of phenols is 1. The van der Waals surface area contributed by atoms with Crippen molar-refractivity contribution < 1.29 is 53.1 Å². The van der Waals surface area contributed by atoms with E-state index in [4.69, 9.17) is 14.2 Å². The van der Waals surface area contributed by atoms with Crippen molar-refractivity contribution in [3.05, 3.63) is 154 Å². The average Bonchev–Trinajstić information content (AvgIpc) is 3.67. The number of carbonyl (C=O) groups excluding carboxylic acids is 4. The van der Waals surface area contributed by atoms with Crippen LogP contribution < -0.4 is 16.0 Å². The molecule has 0 radical (unpaired) electrons. The van der Waals surface area contributed by atoms with Gasteiger partial charge in [-0.3, -0.25) is 9.59 Å². The second kappa shape index (κ2) is 23.6. The second-order valence-electron chi connectivity index (χ2n) is 16.7. The number of anilines is 1. The molecule has 0 saturated heterocycles. The maximum atomic E-state index is 14.4. The SMILES string of the molecule is CCOC(=O)C1=C(COCCNC(=O)C[C@@H](O)C[C@@H](O)CCn2c(-c3ccc(F)cc3)c(-c3ccccc3)c(C(=O)Nc3ccccc3)c2C(C)C)NC(C)=C(C(=O)OC)C1c1ccccc1O. The van der Waals surface area contributed by atoms with Crippen LogP contribution >= 0.6 is 0 Å². The highest BCUT2D eigenvalue weighted by atomic mass is 19.1. The number of dihydropyridines is 1. The minimum atomic E-state index is -1.20. The number of hydrogen-bond donors (Lipinski definition) is 6. The molecular weight excluding hydrogens is 872 g/mol. The molecule has 1 aliphatic heterocycles. The van der Waals surface area contributed by atoms with Gasteiger partial charge in [0.1, 0.15) is 11.6 Å². The maximum absolute atomic E-state index is 14.4. The number of aromatic nitrogens is 1. The smallest absolute Gasteiger partial charge is 0.336 e. The molecule has 1 aromatic heterocycles. The minimum Gasteiger partial charge on any atom is -0.508 e. The first-order valence-corrected chi connectivity index (χ1v) is 22.6. The van der Waals surface area contributed by atoms with E-state index in [9.17, 15) is 38.9 Å². The summed E-state index contributed by atoms with van der Waals surface area (Å²) < 4.78 is 32.6. The maximum Gasteiger partial charge on any atom is 0.336 e. The summed E-state index contributed by atoms with van der Waals surface area (Å²) in [6.07, 6.45) is -2.51. The van der Waals surface area contributed by atoms with E-state index in [1.54, 1.807) is 56.3 Å². The van der Waals surface area contributed by atoms with Crippen molar-refractivity contribution >= 4 is 29.4 Å². The molecular formula is C53H59FN4O10. The van der Waals surface area contributed by atoms with Crippen molar-refractivity contribution in [2.24, 2.45) is 0 Å². The number of benzene rings is 4. The molecule has 4 aromatic carbocycles. The molecule has 5 aromatic rings. The number of nitrogens with one attached hydrogen (secondary N) is 3. The van der Waals surface area contributed by atoms with E-state index < -0.39 is 41.8 Å². The van der Waals surface area contributed by atoms with Crippen LogP contribution in [-0.4, -0.2) is 89.3 Å². The molecule has 2 amide bonds. The minimum absolute atomic E-state index is 0.00138. The molecule has 6 rings (SSSR count). The van der Waals surface area contributed by atoms with Gasteiger partial charge in [0, 0.05) is 41.3 Å². The Kier molecular flexibility index (Phi) is 17.5. The van der Waals surface area contributed by atoms with E-state index in [0.29, 0.717) is 50.7 Å². The first-order valence-electron chi connectivity index (χ1n) is 22.6. The quantitative estimate of drug-likeness (QED) is 0.0311. The first kappa shape index (κ1) is 50.3. The predicted molar refractivity (Wildman–Crippen MR) is 256 cm³/mol. The van der Waals surface area contributed by atoms with Gasteiger partial charge in [-0.25, -0.2) is 14.0 Å². The van der Waals surface area contributed by atoms with Gasteiger partial charge in [0.15, 0.2) is 0 Å². The lowest BCUT2D eigenvalue weighted by Gasteiger charge is -2.31. The van der Waals surface area contributed by atoms with E-state index in [2.05, 4.69) is 16.0 Å². The Bertz CT molecular complexity index is 2630. The number of halogens is 1. The van der Waals surface area contributed by atoms with Crippen molar-refractivity contribution in [3.8, 4) is 28.1 Å². The summed E-state index contributed by atoms with van der Waals surface area (Å²) in [6.45, 7) is 7.43. The van der Waals surface area contributed by atoms with E-state index in [0.717, 1.165) is 5.56 Å². The number of ether oxygens (including phenoxy) is 3. The summed E-state index contributed by atoms with van der Waals surface area (Å²) in [5, 5.41) is 42.0. The molecule has 14 nitrogen and oxygen atoms in total. The van der Waals surface area contributed by atoms with Gasteiger partial charge in [-0.2, -0.15) is 0 Å². The summed E-state index contributed by atoms with van der Waals surface area (Å²) in [7, 11) is 1.22. The van der Waals surface area contributed by atoms with Gasteiger partial charge in [0.2, 0.25) is 5.91 Å². The van der Waals surface area contributed by atoms with Crippen molar-refractivity contribution in [3.63, 3.8) is 0 Å². The summed E-state index contributed by atoms with van der Waals surface area (Å²) in [5.41, 5.74) is 5.71. The van der Waals surface area contributed by atoms with Crippen molar-refractivity contribution in [1.29, 1.82) is 0 Å². The van der Waals surface area contributed by atoms with Crippen LogP contribution in [0.4, 0.5) is 10.1 Å². The van der Waals surface area contributed by atoms with Gasteiger partial charge >= 0.3 is 11.9 Å². The number of esters is 2. The van der Waals surface area contributed by atoms with Crippen LogP contribution in [0.5, 0.6) is 5.75 Å². The third-order valence-electron chi connectivity index (χ3n) is 11.5. The number of methoxy groups -OCH3 is 1. The number of amides is 2. The van der Waals surface area contributed by atoms with Gasteiger partial charge in [-0.1, -0.05) is 80.6 Å². The highest BCUT2D eigenvalue weighted by Gasteiger charge is 2.40. The molecule has 0 bridgehead atoms. The fourth-order valence-electron chi connectivity index (χ4n) is 8.61. The molecule has 0 aliphatic carbocycles. The predicted octanol–water partition coefficient (Wildman–Crippen LogP) is 7.72. The Balaban J connectivity index is 1.12. The lowest BCUT2D eigenvalue weighted by Crippen LogP contribution is -2.35. The molecule has 0 spiro atoms. The number of para-hydroxylation sites is 2. The van der Waals surface area contributed by atoms with E-state index in [1.807, 2.05) is 66.9 Å². The Hall–Kier alpha value is -7.07. The zero-order valence-electron chi connectivity index (χ0n) is 38.9. The summed E-state index contributed by atoms with van der Waals surface area (Å²) in [5.74, 6) is -3.98. The van der Waals surface area contributed by atoms with Gasteiger partial charge < -0.3 is 50.0 Å². The number of aliphatic hydroxyl groups is 2. The third-order valence-corrected chi connectivity index (χ3v) is 11.5. The molecule has 6 N–H and O–H groups in total. The van der Waals surface area contributed by atoms with Gasteiger partial charge in [-0.05, 0) is 86.2 Å². The zero-order chi connectivity index (χ0) is 48.9. The molecule has 0 saturated carbocycles. The number of rotatable bonds is 21. The van der Waals surface area contributed by atoms with E-state index in [-0.39, 0.29) is 80.9 Å². The number of phenolic OH excluding ortho intramolecular Hbond substituents is 1. The molecule has 358 valence electrons. The van der Waals surface area contributed by atoms with Gasteiger partial charge in [0.05, 0.1) is 79.6 Å².